The summed E-state index contributed by atoms with van der Waals surface area (Å²) in [6, 6.07) is 0. The highest BCUT2D eigenvalue weighted by Gasteiger charge is 2.09. The van der Waals surface area contributed by atoms with Gasteiger partial charge in [-0.05, 0) is 12.1 Å². The third-order valence-electron chi connectivity index (χ3n) is 1.74. The Labute approximate surface area is 88.5 Å². The van der Waals surface area contributed by atoms with Crippen LogP contribution in [-0.2, 0) is 14.5 Å². The van der Waals surface area contributed by atoms with Gasteiger partial charge in [-0.25, -0.2) is 9.78 Å². The molecule has 0 amide bonds. The molecule has 16 heavy (non-hydrogen) atoms. The fourth-order valence-electron chi connectivity index (χ4n) is 1.10. The van der Waals surface area contributed by atoms with E-state index in [1.54, 1.807) is 6.92 Å². The van der Waals surface area contributed by atoms with Gasteiger partial charge in [0.05, 0.1) is 12.7 Å². The van der Waals surface area contributed by atoms with E-state index in [-0.39, 0.29) is 23.3 Å². The molecule has 0 radical (unpaired) electrons. The number of carbonyl (C=O) groups is 1. The zero-order chi connectivity index (χ0) is 11.5. The van der Waals surface area contributed by atoms with Crippen LogP contribution in [0.1, 0.15) is 6.92 Å². The number of esters is 1. The number of rotatable bonds is 2. The minimum atomic E-state index is -0.628. The van der Waals surface area contributed by atoms with Gasteiger partial charge in [0.1, 0.15) is 5.35 Å². The van der Waals surface area contributed by atoms with Gasteiger partial charge in [-0.15, -0.1) is 0 Å². The van der Waals surface area contributed by atoms with Crippen LogP contribution in [0.4, 0.5) is 5.82 Å². The number of anilines is 1. The number of hydrogen-bond acceptors (Lipinski definition) is 7. The van der Waals surface area contributed by atoms with Crippen molar-refractivity contribution in [1.29, 1.82) is 0 Å². The lowest BCUT2D eigenvalue weighted by Gasteiger charge is -1.94. The molecular formula is C8H8N4O4. The number of aromatic nitrogens is 2. The first-order valence-corrected chi connectivity index (χ1v) is 4.49. The minimum Gasteiger partial charge on any atom is -0.463 e. The van der Waals surface area contributed by atoms with Gasteiger partial charge >= 0.3 is 5.97 Å². The quantitative estimate of drug-likeness (QED) is 0.563. The van der Waals surface area contributed by atoms with Crippen molar-refractivity contribution < 1.29 is 14.5 Å². The highest BCUT2D eigenvalue weighted by atomic mass is 16.8. The van der Waals surface area contributed by atoms with E-state index in [0.717, 1.165) is 6.08 Å². The molecule has 0 bridgehead atoms. The maximum atomic E-state index is 11.4. The third-order valence-corrected chi connectivity index (χ3v) is 1.74. The maximum absolute atomic E-state index is 11.4. The number of nitrogens with zero attached hydrogens (tertiary/aromatic N) is 2. The Morgan fingerprint density at radius 3 is 3.19 bits per heavy atom. The van der Waals surface area contributed by atoms with Crippen molar-refractivity contribution in [3.63, 3.8) is 0 Å². The van der Waals surface area contributed by atoms with Gasteiger partial charge in [-0.1, -0.05) is 0 Å². The van der Waals surface area contributed by atoms with Crippen LogP contribution in [0.3, 0.4) is 0 Å². The maximum Gasteiger partial charge on any atom is 0.333 e. The van der Waals surface area contributed by atoms with Crippen LogP contribution in [0.25, 0.3) is 6.08 Å². The van der Waals surface area contributed by atoms with E-state index in [1.807, 2.05) is 0 Å². The van der Waals surface area contributed by atoms with Gasteiger partial charge in [0.15, 0.2) is 0 Å². The molecule has 0 aliphatic carbocycles. The van der Waals surface area contributed by atoms with Crippen LogP contribution >= 0.6 is 0 Å². The van der Waals surface area contributed by atoms with E-state index in [4.69, 9.17) is 0 Å². The number of nitrogens with one attached hydrogen (secondary N) is 2. The Morgan fingerprint density at radius 1 is 1.62 bits per heavy atom. The van der Waals surface area contributed by atoms with Gasteiger partial charge in [-0.2, -0.15) is 5.48 Å². The smallest absolute Gasteiger partial charge is 0.333 e. The van der Waals surface area contributed by atoms with E-state index in [2.05, 4.69) is 30.3 Å². The Bertz CT molecular complexity index is 591. The lowest BCUT2D eigenvalue weighted by atomic mass is 10.5. The minimum absolute atomic E-state index is 0.0644. The van der Waals surface area contributed by atoms with Crippen LogP contribution in [0.5, 0.6) is 0 Å². The highest BCUT2D eigenvalue weighted by molar-refractivity contribution is 5.99. The lowest BCUT2D eigenvalue weighted by molar-refractivity contribution is -0.135. The normalized spacial score (nSPS) is 13.4. The van der Waals surface area contributed by atoms with Crippen molar-refractivity contribution in [2.75, 3.05) is 12.1 Å². The van der Waals surface area contributed by atoms with E-state index < -0.39 is 11.5 Å². The number of carbonyl (C=O) groups excluding carboxylic acids is 1. The standard InChI is InChI=1S/C8H8N4O4/c1-2-15-5(13)3-4-8(14)10-7-6(9-4)11-16-12-7/h3H,2H2,1H3,(H,9,11)(H,10,12,14). The highest BCUT2D eigenvalue weighted by Crippen LogP contribution is 1.92. The number of aromatic amines is 1. The summed E-state index contributed by atoms with van der Waals surface area (Å²) in [5.41, 5.74) is 2.00. The fourth-order valence-corrected chi connectivity index (χ4v) is 1.10. The van der Waals surface area contributed by atoms with Crippen molar-refractivity contribution >= 4 is 17.9 Å². The van der Waals surface area contributed by atoms with Gasteiger partial charge < -0.3 is 4.74 Å². The van der Waals surface area contributed by atoms with Crippen molar-refractivity contribution in [2.24, 2.45) is 5.16 Å². The largest absolute Gasteiger partial charge is 0.463 e. The molecule has 2 N–H and O–H groups in total. The van der Waals surface area contributed by atoms with Crippen molar-refractivity contribution in [1.82, 2.24) is 9.97 Å². The Hall–Kier alpha value is -2.38. The van der Waals surface area contributed by atoms with Crippen LogP contribution in [0, 0.1) is 0 Å². The molecule has 0 saturated heterocycles. The second-order valence-corrected chi connectivity index (χ2v) is 2.83. The van der Waals surface area contributed by atoms with E-state index >= 15 is 0 Å². The summed E-state index contributed by atoms with van der Waals surface area (Å²) in [6.07, 6.45) is 1.00. The number of fused-ring (bicyclic) bond motifs is 1. The molecule has 0 aromatic carbocycles. The average Bonchev–Trinajstić information content (AvgIpc) is 2.65. The summed E-state index contributed by atoms with van der Waals surface area (Å²) < 4.78 is 4.66. The lowest BCUT2D eigenvalue weighted by Crippen LogP contribution is -2.37. The average molecular weight is 224 g/mol. The first kappa shape index (κ1) is 10.1. The summed E-state index contributed by atoms with van der Waals surface area (Å²) in [7, 11) is 0. The Kier molecular flexibility index (Phi) is 2.54. The van der Waals surface area contributed by atoms with Gasteiger partial charge in [0.25, 0.3) is 5.56 Å². The molecule has 8 nitrogen and oxygen atoms in total. The molecule has 84 valence electrons. The Balaban J connectivity index is 2.48. The van der Waals surface area contributed by atoms with Gasteiger partial charge in [-0.3, -0.25) is 14.7 Å². The molecule has 0 spiro atoms. The predicted octanol–water partition coefficient (Wildman–Crippen LogP) is -1.99. The summed E-state index contributed by atoms with van der Waals surface area (Å²) in [4.78, 5) is 33.3. The molecule has 2 rings (SSSR count). The first-order chi connectivity index (χ1) is 7.70. The molecular weight excluding hydrogens is 216 g/mol. The molecule has 0 atom stereocenters. The predicted molar refractivity (Wildman–Crippen MR) is 51.4 cm³/mol. The molecule has 2 heterocycles. The summed E-state index contributed by atoms with van der Waals surface area (Å²) in [5.74, 6) is -0.383. The molecule has 0 fully saturated rings. The zero-order valence-corrected chi connectivity index (χ0v) is 8.31. The van der Waals surface area contributed by atoms with Gasteiger partial charge in [0, 0.05) is 0 Å². The first-order valence-electron chi connectivity index (χ1n) is 4.49. The molecule has 0 unspecified atom stereocenters. The third kappa shape index (κ3) is 1.85. The molecule has 1 aromatic heterocycles. The molecule has 8 heteroatoms. The summed E-state index contributed by atoms with van der Waals surface area (Å²) in [5, 5.41) is 3.39. The number of hydrogen-bond donors (Lipinski definition) is 2. The fraction of sp³-hybridized carbons (Fsp3) is 0.250. The van der Waals surface area contributed by atoms with Crippen LogP contribution in [0.2, 0.25) is 0 Å². The van der Waals surface area contributed by atoms with E-state index in [0.29, 0.717) is 0 Å². The molecule has 0 saturated carbocycles. The second kappa shape index (κ2) is 4.01. The zero-order valence-electron chi connectivity index (χ0n) is 8.31. The Morgan fingerprint density at radius 2 is 2.44 bits per heavy atom. The number of H-pyrrole nitrogens is 1. The summed E-state index contributed by atoms with van der Waals surface area (Å²) in [6.45, 7) is 1.90. The van der Waals surface area contributed by atoms with Crippen LogP contribution in [-0.4, -0.2) is 22.5 Å². The van der Waals surface area contributed by atoms with Crippen molar-refractivity contribution in [2.45, 2.75) is 6.92 Å². The monoisotopic (exact) mass is 224 g/mol. The van der Waals surface area contributed by atoms with Crippen molar-refractivity contribution in [3.05, 3.63) is 21.2 Å². The SMILES string of the molecule is CCOC(=O)C=c1nc2c([nH]c1=O)=NON2. The molecule has 1 aliphatic rings. The second-order valence-electron chi connectivity index (χ2n) is 2.83. The van der Waals surface area contributed by atoms with E-state index in [1.165, 1.54) is 0 Å². The molecule has 1 aromatic rings. The van der Waals surface area contributed by atoms with Crippen LogP contribution < -0.4 is 21.9 Å². The summed E-state index contributed by atoms with van der Waals surface area (Å²) >= 11 is 0. The van der Waals surface area contributed by atoms with Crippen molar-refractivity contribution in [3.8, 4) is 0 Å². The topological polar surface area (TPSA) is 106 Å². The molecule has 1 aliphatic heterocycles. The van der Waals surface area contributed by atoms with Gasteiger partial charge in [0.2, 0.25) is 11.3 Å². The van der Waals surface area contributed by atoms with E-state index in [9.17, 15) is 9.59 Å². The number of ether oxygens (including phenoxy) is 1. The van der Waals surface area contributed by atoms with Crippen LogP contribution in [0.15, 0.2) is 9.95 Å².